The van der Waals surface area contributed by atoms with Crippen LogP contribution in [-0.4, -0.2) is 104 Å². The summed E-state index contributed by atoms with van der Waals surface area (Å²) < 4.78 is 35.3. The Morgan fingerprint density at radius 2 is 1.65 bits per heavy atom. The highest BCUT2D eigenvalue weighted by atomic mass is 32.1. The number of fused-ring (bicyclic) bond motifs is 3. The standard InChI is InChI=1S/C29H34N6O12S/c1-6-42-29(41)33-8-7-19-21(11-33)48-26-22(19)27(40)34(13-30-26)9-18-10-35(32-31-18)28-25(46-17(5)39)24(45-16(4)38)23(44-15(3)37)20(47-28)12-43-14(2)36/h10,13,20,23-25,28H,6-9,11-12H2,1-5H3/t20-,23-,24+,25-,28-/m1/s1. The van der Waals surface area contributed by atoms with Gasteiger partial charge in [0.1, 0.15) is 23.2 Å². The fourth-order valence-corrected chi connectivity index (χ4v) is 6.80. The lowest BCUT2D eigenvalue weighted by Gasteiger charge is -2.44. The molecule has 1 amide bonds. The maximum atomic E-state index is 13.7. The van der Waals surface area contributed by atoms with Crippen LogP contribution in [0.15, 0.2) is 17.3 Å². The van der Waals surface area contributed by atoms with Crippen LogP contribution in [-0.2, 0) is 67.1 Å². The molecule has 0 aliphatic carbocycles. The summed E-state index contributed by atoms with van der Waals surface area (Å²) in [6.45, 7) is 6.82. The van der Waals surface area contributed by atoms with Crippen LogP contribution in [0.1, 0.15) is 57.0 Å². The summed E-state index contributed by atoms with van der Waals surface area (Å²) in [6.07, 6.45) is -3.68. The molecule has 0 radical (unpaired) electrons. The van der Waals surface area contributed by atoms with Crippen LogP contribution in [0.3, 0.4) is 0 Å². The summed E-state index contributed by atoms with van der Waals surface area (Å²) in [7, 11) is 0. The van der Waals surface area contributed by atoms with E-state index in [2.05, 4.69) is 15.3 Å². The summed E-state index contributed by atoms with van der Waals surface area (Å²) in [5.41, 5.74) is 0.830. The van der Waals surface area contributed by atoms with Gasteiger partial charge in [0.15, 0.2) is 24.5 Å². The van der Waals surface area contributed by atoms with Gasteiger partial charge in [-0.15, -0.1) is 16.4 Å². The molecule has 3 aromatic rings. The Bertz CT molecular complexity index is 1790. The van der Waals surface area contributed by atoms with Crippen molar-refractivity contribution >= 4 is 51.5 Å². The molecule has 5 atom stereocenters. The minimum atomic E-state index is -1.39. The van der Waals surface area contributed by atoms with E-state index in [0.717, 1.165) is 31.2 Å². The van der Waals surface area contributed by atoms with Crippen LogP contribution < -0.4 is 5.56 Å². The molecule has 1 fully saturated rings. The van der Waals surface area contributed by atoms with Gasteiger partial charge in [-0.2, -0.15) is 0 Å². The van der Waals surface area contributed by atoms with Crippen molar-refractivity contribution < 1.29 is 52.4 Å². The summed E-state index contributed by atoms with van der Waals surface area (Å²) in [6, 6.07) is 0. The van der Waals surface area contributed by atoms with E-state index >= 15 is 0 Å². The van der Waals surface area contributed by atoms with Crippen molar-refractivity contribution in [1.29, 1.82) is 0 Å². The van der Waals surface area contributed by atoms with E-state index in [0.29, 0.717) is 35.4 Å². The summed E-state index contributed by atoms with van der Waals surface area (Å²) in [4.78, 5) is 81.4. The number of carbonyl (C=O) groups is 5. The van der Waals surface area contributed by atoms with Crippen LogP contribution >= 0.6 is 11.3 Å². The predicted molar refractivity (Wildman–Crippen MR) is 161 cm³/mol. The molecule has 0 bridgehead atoms. The molecule has 18 nitrogen and oxygen atoms in total. The highest BCUT2D eigenvalue weighted by molar-refractivity contribution is 7.18. The Kier molecular flexibility index (Phi) is 10.4. The number of ether oxygens (including phenoxy) is 6. The molecule has 2 aliphatic heterocycles. The number of amides is 1. The van der Waals surface area contributed by atoms with Gasteiger partial charge >= 0.3 is 30.0 Å². The van der Waals surface area contributed by atoms with Gasteiger partial charge < -0.3 is 33.3 Å². The molecule has 48 heavy (non-hydrogen) atoms. The number of hydrogen-bond acceptors (Lipinski definition) is 16. The van der Waals surface area contributed by atoms with Crippen molar-refractivity contribution in [2.75, 3.05) is 19.8 Å². The van der Waals surface area contributed by atoms with Gasteiger partial charge in [-0.05, 0) is 18.9 Å². The van der Waals surface area contributed by atoms with Gasteiger partial charge in [-0.1, -0.05) is 5.21 Å². The number of hydrogen-bond donors (Lipinski definition) is 0. The van der Waals surface area contributed by atoms with Crippen LogP contribution in [0.4, 0.5) is 4.79 Å². The number of rotatable bonds is 9. The summed E-state index contributed by atoms with van der Waals surface area (Å²) in [5, 5.41) is 8.76. The molecular formula is C29H34N6O12S. The first-order valence-electron chi connectivity index (χ1n) is 15.0. The molecule has 0 spiro atoms. The van der Waals surface area contributed by atoms with Gasteiger partial charge in [-0.3, -0.25) is 28.5 Å². The third-order valence-electron chi connectivity index (χ3n) is 7.47. The molecule has 5 rings (SSSR count). The quantitative estimate of drug-likeness (QED) is 0.225. The Morgan fingerprint density at radius 3 is 2.31 bits per heavy atom. The van der Waals surface area contributed by atoms with Crippen LogP contribution in [0.2, 0.25) is 0 Å². The van der Waals surface area contributed by atoms with Crippen LogP contribution in [0.5, 0.6) is 0 Å². The Balaban J connectivity index is 1.44. The maximum absolute atomic E-state index is 13.7. The summed E-state index contributed by atoms with van der Waals surface area (Å²) in [5.74, 6) is -2.94. The molecule has 258 valence electrons. The van der Waals surface area contributed by atoms with Gasteiger partial charge in [0, 0.05) is 39.1 Å². The fourth-order valence-electron chi connectivity index (χ4n) is 5.61. The second-order valence-corrected chi connectivity index (χ2v) is 12.1. The molecule has 19 heteroatoms. The normalized spacial score (nSPS) is 22.0. The number of esters is 4. The SMILES string of the molecule is CCOC(=O)N1CCc2c(sc3ncn(Cc4cn([C@@H]5O[C@H](COC(C)=O)[C@@H](OC(C)=O)[C@H](OC(C)=O)[C@H]5OC(C)=O)nn4)c(=O)c23)C1. The van der Waals surface area contributed by atoms with Gasteiger partial charge in [0.25, 0.3) is 5.56 Å². The van der Waals surface area contributed by atoms with E-state index in [1.54, 1.807) is 11.8 Å². The van der Waals surface area contributed by atoms with Crippen molar-refractivity contribution in [3.63, 3.8) is 0 Å². The zero-order valence-corrected chi connectivity index (χ0v) is 27.6. The molecule has 0 unspecified atom stereocenters. The number of thiophene rings is 1. The lowest BCUT2D eigenvalue weighted by atomic mass is 9.97. The zero-order valence-electron chi connectivity index (χ0n) is 26.8. The Labute approximate surface area is 276 Å². The summed E-state index contributed by atoms with van der Waals surface area (Å²) >= 11 is 1.35. The van der Waals surface area contributed by atoms with Crippen molar-refractivity contribution in [3.8, 4) is 0 Å². The van der Waals surface area contributed by atoms with E-state index < -0.39 is 67.2 Å². The second-order valence-electron chi connectivity index (χ2n) is 11.0. The monoisotopic (exact) mass is 690 g/mol. The topological polar surface area (TPSA) is 210 Å². The molecule has 0 N–H and O–H groups in total. The highest BCUT2D eigenvalue weighted by Gasteiger charge is 2.53. The fraction of sp³-hybridized carbons (Fsp3) is 0.552. The average molecular weight is 691 g/mol. The van der Waals surface area contributed by atoms with E-state index in [9.17, 15) is 28.8 Å². The molecule has 2 aliphatic rings. The minimum Gasteiger partial charge on any atom is -0.463 e. The molecule has 0 saturated carbocycles. The van der Waals surface area contributed by atoms with Crippen molar-refractivity contribution in [2.45, 2.75) is 84.8 Å². The number of aromatic nitrogens is 5. The van der Waals surface area contributed by atoms with Crippen LogP contribution in [0.25, 0.3) is 10.2 Å². The third-order valence-corrected chi connectivity index (χ3v) is 8.60. The molecule has 1 saturated heterocycles. The van der Waals surface area contributed by atoms with E-state index in [1.807, 2.05) is 0 Å². The first-order valence-corrected chi connectivity index (χ1v) is 15.8. The zero-order chi connectivity index (χ0) is 34.7. The maximum Gasteiger partial charge on any atom is 0.410 e. The second kappa shape index (κ2) is 14.5. The lowest BCUT2D eigenvalue weighted by Crippen LogP contribution is -2.60. The minimum absolute atomic E-state index is 0.0490. The molecule has 3 aromatic heterocycles. The van der Waals surface area contributed by atoms with Gasteiger partial charge in [-0.25, -0.2) is 14.5 Å². The van der Waals surface area contributed by atoms with Crippen molar-refractivity contribution in [3.05, 3.63) is 39.0 Å². The largest absolute Gasteiger partial charge is 0.463 e. The average Bonchev–Trinajstić information content (AvgIpc) is 3.63. The lowest BCUT2D eigenvalue weighted by molar-refractivity contribution is -0.270. The molecular weight excluding hydrogens is 656 g/mol. The highest BCUT2D eigenvalue weighted by Crippen LogP contribution is 2.35. The molecule has 5 heterocycles. The smallest absolute Gasteiger partial charge is 0.410 e. The van der Waals surface area contributed by atoms with Gasteiger partial charge in [0.05, 0.1) is 37.6 Å². The van der Waals surface area contributed by atoms with Crippen molar-refractivity contribution in [2.24, 2.45) is 0 Å². The molecule has 0 aromatic carbocycles. The van der Waals surface area contributed by atoms with E-state index in [1.165, 1.54) is 40.0 Å². The van der Waals surface area contributed by atoms with Crippen molar-refractivity contribution in [1.82, 2.24) is 29.4 Å². The van der Waals surface area contributed by atoms with E-state index in [-0.39, 0.29) is 18.7 Å². The predicted octanol–water partition coefficient (Wildman–Crippen LogP) is 0.868. The van der Waals surface area contributed by atoms with E-state index in [4.69, 9.17) is 28.4 Å². The first kappa shape index (κ1) is 34.4. The third kappa shape index (κ3) is 7.46. The van der Waals surface area contributed by atoms with Crippen LogP contribution in [0, 0.1) is 0 Å². The number of nitrogens with zero attached hydrogens (tertiary/aromatic N) is 6. The Morgan fingerprint density at radius 1 is 0.958 bits per heavy atom. The first-order chi connectivity index (χ1) is 22.9. The Hall–Kier alpha value is -4.91. The van der Waals surface area contributed by atoms with Gasteiger partial charge in [0.2, 0.25) is 0 Å². The number of carbonyl (C=O) groups excluding carboxylic acids is 5.